The molecule has 21 heavy (non-hydrogen) atoms. The summed E-state index contributed by atoms with van der Waals surface area (Å²) < 4.78 is 27.4. The van der Waals surface area contributed by atoms with Crippen molar-refractivity contribution in [2.24, 2.45) is 5.73 Å². The highest BCUT2D eigenvalue weighted by atomic mass is 35.5. The summed E-state index contributed by atoms with van der Waals surface area (Å²) in [4.78, 5) is 0.158. The number of rotatable bonds is 5. The summed E-state index contributed by atoms with van der Waals surface area (Å²) in [5.41, 5.74) is 6.02. The molecule has 1 unspecified atom stereocenters. The average Bonchev–Trinajstić information content (AvgIpc) is 2.46. The summed E-state index contributed by atoms with van der Waals surface area (Å²) in [5, 5.41) is 0.448. The second-order valence-electron chi connectivity index (χ2n) is 4.43. The Hall–Kier alpha value is 0.01000. The van der Waals surface area contributed by atoms with E-state index in [-0.39, 0.29) is 20.2 Å². The molecule has 0 radical (unpaired) electrons. The van der Waals surface area contributed by atoms with Crippen molar-refractivity contribution >= 4 is 62.4 Å². The minimum Gasteiger partial charge on any atom is -0.389 e. The third-order valence-corrected chi connectivity index (χ3v) is 7.88. The molecule has 116 valence electrons. The SMILES string of the molecule is NC(=S)c1ccc(Cl)c(S(=O)(=O)NCC2CSCCS2)c1. The second-order valence-corrected chi connectivity index (χ2v) is 9.57. The second kappa shape index (κ2) is 7.52. The number of nitrogens with two attached hydrogens (primary N) is 1. The monoisotopic (exact) mass is 382 g/mol. The van der Waals surface area contributed by atoms with Crippen molar-refractivity contribution in [3.05, 3.63) is 28.8 Å². The molecule has 1 heterocycles. The molecule has 1 fully saturated rings. The van der Waals surface area contributed by atoms with Crippen LogP contribution < -0.4 is 10.5 Å². The Balaban J connectivity index is 2.14. The lowest BCUT2D eigenvalue weighted by atomic mass is 10.2. The Labute approximate surface area is 143 Å². The van der Waals surface area contributed by atoms with Crippen LogP contribution >= 0.6 is 47.3 Å². The molecule has 4 nitrogen and oxygen atoms in total. The average molecular weight is 383 g/mol. The van der Waals surface area contributed by atoms with Gasteiger partial charge < -0.3 is 5.73 Å². The first-order valence-corrected chi connectivity index (χ1v) is 10.7. The Morgan fingerprint density at radius 1 is 1.48 bits per heavy atom. The van der Waals surface area contributed by atoms with Gasteiger partial charge in [0.2, 0.25) is 10.0 Å². The van der Waals surface area contributed by atoms with Crippen LogP contribution in [0.3, 0.4) is 0 Å². The molecule has 2 rings (SSSR count). The van der Waals surface area contributed by atoms with E-state index >= 15 is 0 Å². The molecule has 0 spiro atoms. The van der Waals surface area contributed by atoms with E-state index in [0.29, 0.717) is 12.1 Å². The fourth-order valence-corrected chi connectivity index (χ4v) is 6.25. The van der Waals surface area contributed by atoms with E-state index in [4.69, 9.17) is 29.6 Å². The number of thiocarbonyl (C=S) groups is 1. The number of thioether (sulfide) groups is 2. The number of nitrogens with one attached hydrogen (secondary N) is 1. The molecule has 1 atom stereocenters. The lowest BCUT2D eigenvalue weighted by Gasteiger charge is -2.21. The van der Waals surface area contributed by atoms with E-state index in [1.807, 2.05) is 11.8 Å². The first-order valence-electron chi connectivity index (χ1n) is 6.18. The predicted octanol–water partition coefficient (Wildman–Crippen LogP) is 2.10. The zero-order valence-electron chi connectivity index (χ0n) is 11.0. The van der Waals surface area contributed by atoms with Gasteiger partial charge in [-0.2, -0.15) is 23.5 Å². The topological polar surface area (TPSA) is 72.2 Å². The molecule has 9 heteroatoms. The molecule has 1 aromatic rings. The summed E-state index contributed by atoms with van der Waals surface area (Å²) in [7, 11) is -3.67. The van der Waals surface area contributed by atoms with Gasteiger partial charge in [-0.15, -0.1) is 0 Å². The van der Waals surface area contributed by atoms with Gasteiger partial charge in [-0.25, -0.2) is 13.1 Å². The zero-order valence-corrected chi connectivity index (χ0v) is 15.1. The van der Waals surface area contributed by atoms with Crippen LogP contribution in [0, 0.1) is 0 Å². The van der Waals surface area contributed by atoms with E-state index in [0.717, 1.165) is 17.3 Å². The Bertz CT molecular complexity index is 630. The van der Waals surface area contributed by atoms with Gasteiger partial charge in [0.05, 0.1) is 5.02 Å². The molecule has 3 N–H and O–H groups in total. The lowest BCUT2D eigenvalue weighted by molar-refractivity contribution is 0.581. The minimum atomic E-state index is -3.67. The van der Waals surface area contributed by atoms with Crippen molar-refractivity contribution in [1.82, 2.24) is 4.72 Å². The van der Waals surface area contributed by atoms with Crippen LogP contribution in [0.15, 0.2) is 23.1 Å². The zero-order chi connectivity index (χ0) is 15.5. The largest absolute Gasteiger partial charge is 0.389 e. The van der Waals surface area contributed by atoms with Crippen molar-refractivity contribution < 1.29 is 8.42 Å². The Morgan fingerprint density at radius 3 is 2.86 bits per heavy atom. The van der Waals surface area contributed by atoms with E-state index in [2.05, 4.69) is 4.72 Å². The molecule has 1 aliphatic rings. The molecule has 1 aliphatic heterocycles. The van der Waals surface area contributed by atoms with Crippen LogP contribution in [0.1, 0.15) is 5.56 Å². The van der Waals surface area contributed by atoms with Crippen LogP contribution in [0.5, 0.6) is 0 Å². The Kier molecular flexibility index (Phi) is 6.22. The number of hydrogen-bond acceptors (Lipinski definition) is 5. The number of sulfonamides is 1. The van der Waals surface area contributed by atoms with Gasteiger partial charge in [0.1, 0.15) is 9.88 Å². The van der Waals surface area contributed by atoms with Crippen LogP contribution in [-0.4, -0.2) is 42.5 Å². The summed E-state index contributed by atoms with van der Waals surface area (Å²) in [5.74, 6) is 3.12. The van der Waals surface area contributed by atoms with Gasteiger partial charge in [-0.3, -0.25) is 0 Å². The highest BCUT2D eigenvalue weighted by molar-refractivity contribution is 8.06. The van der Waals surface area contributed by atoms with E-state index in [1.54, 1.807) is 17.8 Å². The lowest BCUT2D eigenvalue weighted by Crippen LogP contribution is -2.33. The molecule has 0 aromatic heterocycles. The maximum Gasteiger partial charge on any atom is 0.242 e. The number of hydrogen-bond donors (Lipinski definition) is 2. The first-order chi connectivity index (χ1) is 9.90. The fourth-order valence-electron chi connectivity index (χ4n) is 1.80. The summed E-state index contributed by atoms with van der Waals surface area (Å²) in [6.07, 6.45) is 0. The van der Waals surface area contributed by atoms with E-state index in [9.17, 15) is 8.42 Å². The van der Waals surface area contributed by atoms with Crippen molar-refractivity contribution in [2.45, 2.75) is 10.1 Å². The molecule has 0 saturated carbocycles. The summed E-state index contributed by atoms with van der Waals surface area (Å²) >= 11 is 14.5. The molecule has 0 aliphatic carbocycles. The maximum atomic E-state index is 12.4. The molecular formula is C12H15ClN2O2S4. The minimum absolute atomic E-state index is 0.0166. The third-order valence-electron chi connectivity index (χ3n) is 2.89. The van der Waals surface area contributed by atoms with Crippen molar-refractivity contribution in [3.63, 3.8) is 0 Å². The highest BCUT2D eigenvalue weighted by Crippen LogP contribution is 2.25. The Morgan fingerprint density at radius 2 is 2.24 bits per heavy atom. The van der Waals surface area contributed by atoms with E-state index < -0.39 is 10.0 Å². The predicted molar refractivity (Wildman–Crippen MR) is 96.1 cm³/mol. The molecule has 0 amide bonds. The molecule has 0 bridgehead atoms. The standard InChI is InChI=1S/C12H15ClN2O2S4/c13-10-2-1-8(12(14)18)5-11(10)21(16,17)15-6-9-7-19-3-4-20-9/h1-2,5,9,15H,3-4,6-7H2,(H2,14,18). The van der Waals surface area contributed by atoms with Crippen molar-refractivity contribution in [1.29, 1.82) is 0 Å². The quantitative estimate of drug-likeness (QED) is 0.760. The van der Waals surface area contributed by atoms with Gasteiger partial charge in [0.25, 0.3) is 0 Å². The van der Waals surface area contributed by atoms with Crippen molar-refractivity contribution in [3.8, 4) is 0 Å². The number of benzene rings is 1. The highest BCUT2D eigenvalue weighted by Gasteiger charge is 2.22. The summed E-state index contributed by atoms with van der Waals surface area (Å²) in [6.45, 7) is 0.396. The normalized spacial score (nSPS) is 19.4. The molecular weight excluding hydrogens is 368 g/mol. The van der Waals surface area contributed by atoms with Crippen LogP contribution in [0.2, 0.25) is 5.02 Å². The van der Waals surface area contributed by atoms with Gasteiger partial charge in [0, 0.05) is 34.6 Å². The van der Waals surface area contributed by atoms with E-state index in [1.165, 1.54) is 12.1 Å². The van der Waals surface area contributed by atoms with Gasteiger partial charge in [0.15, 0.2) is 0 Å². The van der Waals surface area contributed by atoms with Gasteiger partial charge in [-0.05, 0) is 12.1 Å². The fraction of sp³-hybridized carbons (Fsp3) is 0.417. The number of halogens is 1. The molecule has 1 saturated heterocycles. The third kappa shape index (κ3) is 4.74. The molecule has 1 aromatic carbocycles. The van der Waals surface area contributed by atoms with Crippen molar-refractivity contribution in [2.75, 3.05) is 23.8 Å². The van der Waals surface area contributed by atoms with Crippen LogP contribution in [0.4, 0.5) is 0 Å². The van der Waals surface area contributed by atoms with Gasteiger partial charge in [-0.1, -0.05) is 29.9 Å². The van der Waals surface area contributed by atoms with Crippen LogP contribution in [-0.2, 0) is 10.0 Å². The first kappa shape index (κ1) is 17.4. The summed E-state index contributed by atoms with van der Waals surface area (Å²) in [6, 6.07) is 4.52. The maximum absolute atomic E-state index is 12.4. The van der Waals surface area contributed by atoms with Crippen LogP contribution in [0.25, 0.3) is 0 Å². The smallest absolute Gasteiger partial charge is 0.242 e. The van der Waals surface area contributed by atoms with Gasteiger partial charge >= 0.3 is 0 Å².